The van der Waals surface area contributed by atoms with E-state index in [4.69, 9.17) is 0 Å². The fourth-order valence-electron chi connectivity index (χ4n) is 1.45. The number of ether oxygens (including phenoxy) is 1. The molecule has 0 aliphatic heterocycles. The predicted octanol–water partition coefficient (Wildman–Crippen LogP) is 2.22. The average Bonchev–Trinajstić information content (AvgIpc) is 2.35. The second-order valence-electron chi connectivity index (χ2n) is 4.23. The van der Waals surface area contributed by atoms with E-state index in [1.807, 2.05) is 26.0 Å². The maximum absolute atomic E-state index is 12.0. The van der Waals surface area contributed by atoms with Gasteiger partial charge in [0.2, 0.25) is 0 Å². The molecule has 0 bridgehead atoms. The first kappa shape index (κ1) is 14.9. The number of rotatable bonds is 4. The van der Waals surface area contributed by atoms with Crippen molar-refractivity contribution in [1.29, 1.82) is 0 Å². The predicted molar refractivity (Wildman–Crippen MR) is 77.3 cm³/mol. The summed E-state index contributed by atoms with van der Waals surface area (Å²) in [5.41, 5.74) is 0.532. The summed E-state index contributed by atoms with van der Waals surface area (Å²) in [5.74, 6) is -0.718. The Bertz CT molecular complexity index is 428. The summed E-state index contributed by atoms with van der Waals surface area (Å²) in [5, 5.41) is 2.69. The van der Waals surface area contributed by atoms with Gasteiger partial charge in [-0.1, -0.05) is 13.8 Å². The number of hydrogen-bond donors (Lipinski definition) is 1. The highest BCUT2D eigenvalue weighted by Crippen LogP contribution is 2.09. The molecule has 0 radical (unpaired) electrons. The molecule has 0 saturated heterocycles. The minimum absolute atomic E-state index is 0.0229. The third-order valence-electron chi connectivity index (χ3n) is 2.51. The number of nitrogens with one attached hydrogen (secondary N) is 1. The molecular formula is C13H16INO3. The lowest BCUT2D eigenvalue weighted by Gasteiger charge is -2.19. The Morgan fingerprint density at radius 2 is 1.78 bits per heavy atom. The van der Waals surface area contributed by atoms with Gasteiger partial charge in [0.05, 0.1) is 7.11 Å². The maximum Gasteiger partial charge on any atom is 0.328 e. The number of methoxy groups -OCH3 is 1. The largest absolute Gasteiger partial charge is 0.467 e. The minimum Gasteiger partial charge on any atom is -0.467 e. The van der Waals surface area contributed by atoms with Crippen molar-refractivity contribution in [1.82, 2.24) is 5.32 Å². The monoisotopic (exact) mass is 361 g/mol. The van der Waals surface area contributed by atoms with Gasteiger partial charge in [0.1, 0.15) is 6.04 Å². The van der Waals surface area contributed by atoms with E-state index in [0.717, 1.165) is 3.57 Å². The molecule has 0 aliphatic carbocycles. The second-order valence-corrected chi connectivity index (χ2v) is 5.47. The first-order valence-corrected chi connectivity index (χ1v) is 6.68. The van der Waals surface area contributed by atoms with Crippen LogP contribution < -0.4 is 5.32 Å². The Kier molecular flexibility index (Phi) is 5.58. The highest BCUT2D eigenvalue weighted by molar-refractivity contribution is 14.1. The molecule has 1 aromatic rings. The van der Waals surface area contributed by atoms with Crippen LogP contribution in [-0.4, -0.2) is 25.0 Å². The van der Waals surface area contributed by atoms with Crippen molar-refractivity contribution in [3.05, 3.63) is 33.4 Å². The van der Waals surface area contributed by atoms with E-state index in [1.54, 1.807) is 12.1 Å². The molecular weight excluding hydrogens is 345 g/mol. The Balaban J connectivity index is 2.78. The van der Waals surface area contributed by atoms with Crippen LogP contribution >= 0.6 is 22.6 Å². The summed E-state index contributed by atoms with van der Waals surface area (Å²) in [7, 11) is 1.31. The normalized spacial score (nSPS) is 12.1. The number of halogens is 1. The Labute approximate surface area is 120 Å². The molecule has 5 heteroatoms. The van der Waals surface area contributed by atoms with Gasteiger partial charge in [0.15, 0.2) is 0 Å². The summed E-state index contributed by atoms with van der Waals surface area (Å²) in [4.78, 5) is 23.5. The average molecular weight is 361 g/mol. The smallest absolute Gasteiger partial charge is 0.328 e. The zero-order valence-corrected chi connectivity index (χ0v) is 12.7. The van der Waals surface area contributed by atoms with Crippen molar-refractivity contribution in [3.63, 3.8) is 0 Å². The van der Waals surface area contributed by atoms with Gasteiger partial charge in [-0.05, 0) is 52.8 Å². The zero-order valence-electron chi connectivity index (χ0n) is 10.6. The van der Waals surface area contributed by atoms with Crippen molar-refractivity contribution in [2.24, 2.45) is 5.92 Å². The molecule has 0 aromatic heterocycles. The molecule has 0 heterocycles. The van der Waals surface area contributed by atoms with Gasteiger partial charge >= 0.3 is 5.97 Å². The quantitative estimate of drug-likeness (QED) is 0.661. The molecule has 1 atom stereocenters. The van der Waals surface area contributed by atoms with Gasteiger partial charge in [-0.2, -0.15) is 0 Å². The highest BCUT2D eigenvalue weighted by Gasteiger charge is 2.25. The standard InChI is InChI=1S/C13H16INO3/c1-8(2)11(13(17)18-3)15-12(16)9-4-6-10(14)7-5-9/h4-8,11H,1-3H3,(H,15,16). The Morgan fingerprint density at radius 1 is 1.22 bits per heavy atom. The summed E-state index contributed by atoms with van der Waals surface area (Å²) in [6.07, 6.45) is 0. The minimum atomic E-state index is -0.623. The number of benzene rings is 1. The molecule has 0 aliphatic rings. The lowest BCUT2D eigenvalue weighted by molar-refractivity contribution is -0.144. The van der Waals surface area contributed by atoms with Gasteiger partial charge in [-0.25, -0.2) is 4.79 Å². The van der Waals surface area contributed by atoms with Crippen molar-refractivity contribution >= 4 is 34.5 Å². The zero-order chi connectivity index (χ0) is 13.7. The van der Waals surface area contributed by atoms with E-state index in [1.165, 1.54) is 7.11 Å². The van der Waals surface area contributed by atoms with Crippen LogP contribution in [0.2, 0.25) is 0 Å². The third kappa shape index (κ3) is 3.97. The van der Waals surface area contributed by atoms with Crippen LogP contribution in [0.4, 0.5) is 0 Å². The number of esters is 1. The van der Waals surface area contributed by atoms with Crippen LogP contribution in [0.25, 0.3) is 0 Å². The van der Waals surface area contributed by atoms with Crippen LogP contribution in [0.15, 0.2) is 24.3 Å². The van der Waals surface area contributed by atoms with Crippen molar-refractivity contribution in [2.75, 3.05) is 7.11 Å². The highest BCUT2D eigenvalue weighted by atomic mass is 127. The Hall–Kier alpha value is -1.11. The van der Waals surface area contributed by atoms with Crippen LogP contribution in [0, 0.1) is 9.49 Å². The first-order valence-electron chi connectivity index (χ1n) is 5.60. The van der Waals surface area contributed by atoms with E-state index < -0.39 is 12.0 Å². The maximum atomic E-state index is 12.0. The molecule has 1 rings (SSSR count). The number of amides is 1. The fraction of sp³-hybridized carbons (Fsp3) is 0.385. The molecule has 1 aromatic carbocycles. The molecule has 0 spiro atoms. The van der Waals surface area contributed by atoms with Crippen LogP contribution in [0.3, 0.4) is 0 Å². The molecule has 98 valence electrons. The summed E-state index contributed by atoms with van der Waals surface area (Å²) < 4.78 is 5.73. The van der Waals surface area contributed by atoms with Gasteiger partial charge in [-0.15, -0.1) is 0 Å². The second kappa shape index (κ2) is 6.72. The number of carbonyl (C=O) groups is 2. The topological polar surface area (TPSA) is 55.4 Å². The SMILES string of the molecule is COC(=O)C(NC(=O)c1ccc(I)cc1)C(C)C. The van der Waals surface area contributed by atoms with Crippen LogP contribution in [0.1, 0.15) is 24.2 Å². The van der Waals surface area contributed by atoms with E-state index in [9.17, 15) is 9.59 Å². The molecule has 1 unspecified atom stereocenters. The Morgan fingerprint density at radius 3 is 2.22 bits per heavy atom. The lowest BCUT2D eigenvalue weighted by Crippen LogP contribution is -2.45. The number of hydrogen-bond acceptors (Lipinski definition) is 3. The van der Waals surface area contributed by atoms with Gasteiger partial charge < -0.3 is 10.1 Å². The molecule has 18 heavy (non-hydrogen) atoms. The molecule has 4 nitrogen and oxygen atoms in total. The van der Waals surface area contributed by atoms with Crippen LogP contribution in [-0.2, 0) is 9.53 Å². The van der Waals surface area contributed by atoms with Crippen LogP contribution in [0.5, 0.6) is 0 Å². The summed E-state index contributed by atoms with van der Waals surface area (Å²) in [6, 6.07) is 6.52. The number of carbonyl (C=O) groups excluding carboxylic acids is 2. The molecule has 0 fully saturated rings. The molecule has 0 saturated carbocycles. The van der Waals surface area contributed by atoms with E-state index in [2.05, 4.69) is 32.6 Å². The van der Waals surface area contributed by atoms with Gasteiger partial charge in [0.25, 0.3) is 5.91 Å². The van der Waals surface area contributed by atoms with Crippen molar-refractivity contribution in [2.45, 2.75) is 19.9 Å². The van der Waals surface area contributed by atoms with E-state index in [0.29, 0.717) is 5.56 Å². The lowest BCUT2D eigenvalue weighted by atomic mass is 10.0. The van der Waals surface area contributed by atoms with E-state index in [-0.39, 0.29) is 11.8 Å². The third-order valence-corrected chi connectivity index (χ3v) is 3.23. The molecule has 1 amide bonds. The summed E-state index contributed by atoms with van der Waals surface area (Å²) >= 11 is 2.17. The van der Waals surface area contributed by atoms with E-state index >= 15 is 0 Å². The summed E-state index contributed by atoms with van der Waals surface area (Å²) in [6.45, 7) is 3.71. The van der Waals surface area contributed by atoms with Gasteiger partial charge in [-0.3, -0.25) is 4.79 Å². The van der Waals surface area contributed by atoms with Crippen molar-refractivity contribution in [3.8, 4) is 0 Å². The van der Waals surface area contributed by atoms with Crippen molar-refractivity contribution < 1.29 is 14.3 Å². The molecule has 1 N–H and O–H groups in total. The van der Waals surface area contributed by atoms with Gasteiger partial charge in [0, 0.05) is 9.13 Å². The fourth-order valence-corrected chi connectivity index (χ4v) is 1.81. The first-order chi connectivity index (χ1) is 8.45.